The lowest BCUT2D eigenvalue weighted by Gasteiger charge is -2.04. The number of aliphatic imine (C=N–C) groups is 1. The Bertz CT molecular complexity index is 963. The minimum Gasteiger partial charge on any atom is -0.494 e. The van der Waals surface area contributed by atoms with Gasteiger partial charge in [0.05, 0.1) is 13.2 Å². The van der Waals surface area contributed by atoms with Crippen molar-refractivity contribution in [2.75, 3.05) is 6.61 Å². The molecule has 0 aliphatic carbocycles. The molecule has 1 aliphatic rings. The van der Waals surface area contributed by atoms with Crippen LogP contribution in [0.1, 0.15) is 25.0 Å². The van der Waals surface area contributed by atoms with E-state index in [0.29, 0.717) is 35.1 Å². The molecule has 2 aromatic carbocycles. The third-order valence-corrected chi connectivity index (χ3v) is 5.75. The van der Waals surface area contributed by atoms with Gasteiger partial charge in [0.1, 0.15) is 16.5 Å². The maximum atomic E-state index is 12.5. The highest BCUT2D eigenvalue weighted by Gasteiger charge is 2.32. The molecule has 1 heterocycles. The van der Waals surface area contributed by atoms with Crippen LogP contribution in [0.25, 0.3) is 4.91 Å². The van der Waals surface area contributed by atoms with Crippen LogP contribution in [0.5, 0.6) is 5.75 Å². The van der Waals surface area contributed by atoms with E-state index in [4.69, 9.17) is 16.3 Å². The van der Waals surface area contributed by atoms with Crippen molar-refractivity contribution in [3.8, 4) is 5.75 Å². The number of nitrogens with zero attached hydrogens (tertiary/aromatic N) is 1. The number of benzene rings is 2. The molecule has 0 spiro atoms. The molecule has 26 heavy (non-hydrogen) atoms. The molecule has 1 N–H and O–H groups in total. The second kappa shape index (κ2) is 7.51. The van der Waals surface area contributed by atoms with E-state index in [2.05, 4.69) is 9.71 Å². The molecule has 0 unspecified atom stereocenters. The van der Waals surface area contributed by atoms with Crippen molar-refractivity contribution in [3.05, 3.63) is 70.3 Å². The second-order valence-corrected chi connectivity index (χ2v) is 7.86. The number of hydrogen-bond donors (Lipinski definition) is 1. The topological polar surface area (TPSA) is 67.8 Å². The lowest BCUT2D eigenvalue weighted by atomic mass is 10.1. The first-order valence-electron chi connectivity index (χ1n) is 8.17. The Hall–Kier alpha value is -2.31. The first-order valence-corrected chi connectivity index (χ1v) is 10.0. The minimum absolute atomic E-state index is 0.236. The number of sulfonamides is 1. The van der Waals surface area contributed by atoms with E-state index < -0.39 is 10.0 Å². The Morgan fingerprint density at radius 3 is 2.35 bits per heavy atom. The molecule has 2 aromatic rings. The van der Waals surface area contributed by atoms with E-state index in [9.17, 15) is 8.42 Å². The highest BCUT2D eigenvalue weighted by molar-refractivity contribution is 8.00. The maximum absolute atomic E-state index is 12.5. The summed E-state index contributed by atoms with van der Waals surface area (Å²) in [5, 5.41) is 0.555. The molecule has 136 valence electrons. The molecule has 7 heteroatoms. The lowest BCUT2D eigenvalue weighted by molar-refractivity contribution is 0.340. The highest BCUT2D eigenvalue weighted by Crippen LogP contribution is 2.30. The average Bonchev–Trinajstić information content (AvgIpc) is 2.84. The Kier molecular flexibility index (Phi) is 5.34. The zero-order valence-electron chi connectivity index (χ0n) is 14.5. The molecule has 0 saturated heterocycles. The monoisotopic (exact) mass is 390 g/mol. The van der Waals surface area contributed by atoms with E-state index in [1.54, 1.807) is 31.2 Å². The van der Waals surface area contributed by atoms with Crippen LogP contribution in [0.4, 0.5) is 0 Å². The summed E-state index contributed by atoms with van der Waals surface area (Å²) in [5.74, 6) is 1.16. The van der Waals surface area contributed by atoms with E-state index in [0.717, 1.165) is 11.3 Å². The first kappa shape index (κ1) is 18.5. The van der Waals surface area contributed by atoms with Gasteiger partial charge in [-0.2, -0.15) is 0 Å². The summed E-state index contributed by atoms with van der Waals surface area (Å²) in [4.78, 5) is 4.68. The van der Waals surface area contributed by atoms with Gasteiger partial charge in [-0.25, -0.2) is 8.42 Å². The van der Waals surface area contributed by atoms with Crippen LogP contribution in [0.15, 0.2) is 59.1 Å². The largest absolute Gasteiger partial charge is 0.494 e. The van der Waals surface area contributed by atoms with Gasteiger partial charge in [0.15, 0.2) is 0 Å². The van der Waals surface area contributed by atoms with Crippen molar-refractivity contribution in [3.63, 3.8) is 0 Å². The van der Waals surface area contributed by atoms with Crippen LogP contribution in [-0.2, 0) is 16.6 Å². The number of hydrogen-bond acceptors (Lipinski definition) is 4. The number of amidine groups is 1. The molecule has 0 saturated carbocycles. The summed E-state index contributed by atoms with van der Waals surface area (Å²) in [7, 11) is -3.63. The van der Waals surface area contributed by atoms with Gasteiger partial charge >= 0.3 is 0 Å². The summed E-state index contributed by atoms with van der Waals surface area (Å²) >= 11 is 5.89. The number of halogens is 1. The molecule has 0 fully saturated rings. The second-order valence-electron chi connectivity index (χ2n) is 5.81. The standard InChI is InChI=1S/C19H19ClN2O3S/c1-3-25-17-10-4-14(5-11-17)12-21-19-13(2)18(26(23,24)22-19)15-6-8-16(20)9-7-15/h4-11H,3,12H2,1-2H3,(H,21,22). The highest BCUT2D eigenvalue weighted by atomic mass is 35.5. The molecule has 5 nitrogen and oxygen atoms in total. The quantitative estimate of drug-likeness (QED) is 0.838. The van der Waals surface area contributed by atoms with Gasteiger partial charge in [-0.1, -0.05) is 35.9 Å². The van der Waals surface area contributed by atoms with Crippen molar-refractivity contribution in [1.82, 2.24) is 4.72 Å². The molecule has 0 amide bonds. The van der Waals surface area contributed by atoms with Gasteiger partial charge in [0.25, 0.3) is 10.0 Å². The Balaban J connectivity index is 1.86. The predicted octanol–water partition coefficient (Wildman–Crippen LogP) is 4.00. The normalized spacial score (nSPS) is 17.4. The van der Waals surface area contributed by atoms with Crippen LogP contribution >= 0.6 is 11.6 Å². The van der Waals surface area contributed by atoms with E-state index in [-0.39, 0.29) is 4.91 Å². The Labute approximate surface area is 158 Å². The lowest BCUT2D eigenvalue weighted by Crippen LogP contribution is -2.23. The zero-order valence-corrected chi connectivity index (χ0v) is 16.1. The summed E-state index contributed by atoms with van der Waals surface area (Å²) < 4.78 is 32.9. The predicted molar refractivity (Wildman–Crippen MR) is 105 cm³/mol. The maximum Gasteiger partial charge on any atom is 0.264 e. The van der Waals surface area contributed by atoms with Gasteiger partial charge < -0.3 is 4.74 Å². The molecule has 0 atom stereocenters. The average molecular weight is 391 g/mol. The molecule has 3 rings (SSSR count). The third kappa shape index (κ3) is 3.92. The minimum atomic E-state index is -3.63. The summed E-state index contributed by atoms with van der Waals surface area (Å²) in [6.07, 6.45) is 0. The fourth-order valence-corrected chi connectivity index (χ4v) is 4.36. The van der Waals surface area contributed by atoms with Gasteiger partial charge in [-0.3, -0.25) is 9.71 Å². The van der Waals surface area contributed by atoms with Crippen molar-refractivity contribution in [2.24, 2.45) is 4.99 Å². The van der Waals surface area contributed by atoms with E-state index >= 15 is 0 Å². The van der Waals surface area contributed by atoms with Crippen LogP contribution in [0, 0.1) is 0 Å². The fourth-order valence-electron chi connectivity index (χ4n) is 2.72. The van der Waals surface area contributed by atoms with Gasteiger partial charge in [-0.05, 0) is 49.2 Å². The summed E-state index contributed by atoms with van der Waals surface area (Å²) in [5.41, 5.74) is 2.15. The van der Waals surface area contributed by atoms with Crippen LogP contribution < -0.4 is 9.46 Å². The smallest absolute Gasteiger partial charge is 0.264 e. The van der Waals surface area contributed by atoms with Crippen molar-refractivity contribution < 1.29 is 13.2 Å². The van der Waals surface area contributed by atoms with Crippen molar-refractivity contribution >= 4 is 32.4 Å². The van der Waals surface area contributed by atoms with Gasteiger partial charge in [-0.15, -0.1) is 0 Å². The van der Waals surface area contributed by atoms with Gasteiger partial charge in [0.2, 0.25) is 0 Å². The molecular weight excluding hydrogens is 372 g/mol. The van der Waals surface area contributed by atoms with Crippen LogP contribution in [0.3, 0.4) is 0 Å². The van der Waals surface area contributed by atoms with Crippen LogP contribution in [-0.4, -0.2) is 20.9 Å². The number of nitrogens with one attached hydrogen (secondary N) is 1. The van der Waals surface area contributed by atoms with Crippen LogP contribution in [0.2, 0.25) is 5.02 Å². The molecular formula is C19H19ClN2O3S. The number of ether oxygens (including phenoxy) is 1. The van der Waals surface area contributed by atoms with Crippen molar-refractivity contribution in [1.29, 1.82) is 0 Å². The molecule has 0 radical (unpaired) electrons. The summed E-state index contributed by atoms with van der Waals surface area (Å²) in [6, 6.07) is 14.3. The Morgan fingerprint density at radius 1 is 1.08 bits per heavy atom. The number of rotatable bonds is 5. The Morgan fingerprint density at radius 2 is 1.73 bits per heavy atom. The van der Waals surface area contributed by atoms with Crippen molar-refractivity contribution in [2.45, 2.75) is 20.4 Å². The summed E-state index contributed by atoms with van der Waals surface area (Å²) in [6.45, 7) is 4.66. The molecule has 0 aromatic heterocycles. The van der Waals surface area contributed by atoms with Gasteiger partial charge in [0, 0.05) is 10.6 Å². The first-order chi connectivity index (χ1) is 12.4. The van der Waals surface area contributed by atoms with E-state index in [1.807, 2.05) is 31.2 Å². The SMILES string of the molecule is CCOc1ccc(CN=C2NS(=O)(=O)C(c3ccc(Cl)cc3)=C2C)cc1. The molecule has 1 aliphatic heterocycles. The third-order valence-electron chi connectivity index (χ3n) is 3.96. The molecule has 0 bridgehead atoms. The fraction of sp³-hybridized carbons (Fsp3) is 0.211. The zero-order chi connectivity index (χ0) is 18.7. The van der Waals surface area contributed by atoms with E-state index in [1.165, 1.54) is 0 Å².